The molecular formula is C34H54. The van der Waals surface area contributed by atoms with Gasteiger partial charge in [0, 0.05) is 5.41 Å². The summed E-state index contributed by atoms with van der Waals surface area (Å²) in [6.45, 7) is 18.2. The molecule has 190 valence electrons. The van der Waals surface area contributed by atoms with E-state index in [0.717, 1.165) is 0 Å². The van der Waals surface area contributed by atoms with Crippen molar-refractivity contribution in [2.45, 2.75) is 131 Å². The second kappa shape index (κ2) is 12.9. The van der Waals surface area contributed by atoms with E-state index in [0.29, 0.717) is 16.2 Å². The fourth-order valence-electron chi connectivity index (χ4n) is 5.52. The maximum absolute atomic E-state index is 2.36. The molecule has 2 aromatic rings. The smallest absolute Gasteiger partial charge is 0.0215 e. The van der Waals surface area contributed by atoms with Crippen molar-refractivity contribution >= 4 is 0 Å². The van der Waals surface area contributed by atoms with E-state index in [1.807, 2.05) is 0 Å². The van der Waals surface area contributed by atoms with Crippen molar-refractivity contribution in [2.75, 3.05) is 0 Å². The molecule has 0 saturated heterocycles. The predicted octanol–water partition coefficient (Wildman–Crippen LogP) is 11.4. The van der Waals surface area contributed by atoms with Crippen LogP contribution in [0.1, 0.15) is 137 Å². The van der Waals surface area contributed by atoms with Gasteiger partial charge in [0.25, 0.3) is 0 Å². The zero-order chi connectivity index (χ0) is 25.2. The maximum atomic E-state index is 2.36. The molecule has 2 aliphatic rings. The molecule has 0 amide bonds. The highest BCUT2D eigenvalue weighted by molar-refractivity contribution is 5.81. The van der Waals surface area contributed by atoms with Gasteiger partial charge >= 0.3 is 0 Å². The summed E-state index contributed by atoms with van der Waals surface area (Å²) in [6.07, 6.45) is 15.0. The highest BCUT2D eigenvalue weighted by Gasteiger charge is 2.43. The molecule has 2 aliphatic carbocycles. The molecule has 1 spiro atoms. The molecule has 0 unspecified atom stereocenters. The van der Waals surface area contributed by atoms with Gasteiger partial charge in [-0.25, -0.2) is 0 Å². The molecule has 4 rings (SSSR count). The van der Waals surface area contributed by atoms with Crippen LogP contribution < -0.4 is 0 Å². The first-order chi connectivity index (χ1) is 16.0. The Morgan fingerprint density at radius 2 is 0.971 bits per heavy atom. The van der Waals surface area contributed by atoms with Crippen LogP contribution in [-0.2, 0) is 5.41 Å². The van der Waals surface area contributed by atoms with E-state index in [1.54, 1.807) is 11.1 Å². The zero-order valence-corrected chi connectivity index (χ0v) is 23.9. The molecule has 0 bridgehead atoms. The van der Waals surface area contributed by atoms with Gasteiger partial charge in [-0.3, -0.25) is 0 Å². The minimum atomic E-state index is 0.339. The SMILES string of the molecule is CCCCC(C)(C)C.CCCCC(C)(C)C.c1ccc2c(c1)-c1ccccc1C21CCCCC1. The van der Waals surface area contributed by atoms with E-state index in [-0.39, 0.29) is 0 Å². The van der Waals surface area contributed by atoms with E-state index in [1.165, 1.54) is 81.8 Å². The summed E-state index contributed by atoms with van der Waals surface area (Å²) in [5.41, 5.74) is 7.58. The van der Waals surface area contributed by atoms with Crippen LogP contribution in [-0.4, -0.2) is 0 Å². The highest BCUT2D eigenvalue weighted by Crippen LogP contribution is 2.55. The summed E-state index contributed by atoms with van der Waals surface area (Å²) in [6, 6.07) is 18.1. The van der Waals surface area contributed by atoms with Crippen molar-refractivity contribution in [2.24, 2.45) is 10.8 Å². The van der Waals surface area contributed by atoms with Crippen molar-refractivity contribution in [3.8, 4) is 11.1 Å². The summed E-state index contributed by atoms with van der Waals surface area (Å²) >= 11 is 0. The van der Waals surface area contributed by atoms with Crippen LogP contribution in [0.5, 0.6) is 0 Å². The third-order valence-corrected chi connectivity index (χ3v) is 7.44. The van der Waals surface area contributed by atoms with Gasteiger partial charge in [-0.1, -0.05) is 149 Å². The number of hydrogen-bond donors (Lipinski definition) is 0. The van der Waals surface area contributed by atoms with Crippen molar-refractivity contribution < 1.29 is 0 Å². The molecule has 2 aromatic carbocycles. The summed E-state index contributed by atoms with van der Waals surface area (Å²) in [5.74, 6) is 0. The highest BCUT2D eigenvalue weighted by atomic mass is 14.5. The molecule has 0 aliphatic heterocycles. The summed E-state index contributed by atoms with van der Waals surface area (Å²) < 4.78 is 0. The van der Waals surface area contributed by atoms with Crippen LogP contribution in [0, 0.1) is 10.8 Å². The first-order valence-corrected chi connectivity index (χ1v) is 14.2. The summed E-state index contributed by atoms with van der Waals surface area (Å²) in [7, 11) is 0. The van der Waals surface area contributed by atoms with Gasteiger partial charge < -0.3 is 0 Å². The van der Waals surface area contributed by atoms with Gasteiger partial charge in [-0.15, -0.1) is 0 Å². The first kappa shape index (κ1) is 28.7. The average Bonchev–Trinajstić information content (AvgIpc) is 3.07. The molecule has 0 nitrogen and oxygen atoms in total. The summed E-state index contributed by atoms with van der Waals surface area (Å²) in [5, 5.41) is 0. The van der Waals surface area contributed by atoms with Crippen LogP contribution in [0.2, 0.25) is 0 Å². The zero-order valence-electron chi connectivity index (χ0n) is 23.9. The fourth-order valence-corrected chi connectivity index (χ4v) is 5.52. The van der Waals surface area contributed by atoms with E-state index in [4.69, 9.17) is 0 Å². The molecule has 1 fully saturated rings. The predicted molar refractivity (Wildman–Crippen MR) is 154 cm³/mol. The number of fused-ring (bicyclic) bond motifs is 5. The van der Waals surface area contributed by atoms with Gasteiger partial charge in [-0.2, -0.15) is 0 Å². The van der Waals surface area contributed by atoms with Crippen LogP contribution in [0.25, 0.3) is 11.1 Å². The molecule has 0 atom stereocenters. The van der Waals surface area contributed by atoms with Crippen LogP contribution in [0.3, 0.4) is 0 Å². The topological polar surface area (TPSA) is 0 Å². The van der Waals surface area contributed by atoms with Gasteiger partial charge in [0.15, 0.2) is 0 Å². The number of unbranched alkanes of at least 4 members (excludes halogenated alkanes) is 2. The maximum Gasteiger partial charge on any atom is 0.0215 e. The van der Waals surface area contributed by atoms with E-state index < -0.39 is 0 Å². The molecule has 0 radical (unpaired) electrons. The lowest BCUT2D eigenvalue weighted by Gasteiger charge is -2.35. The first-order valence-electron chi connectivity index (χ1n) is 14.2. The van der Waals surface area contributed by atoms with E-state index >= 15 is 0 Å². The normalized spacial score (nSPS) is 16.0. The fraction of sp³-hybridized carbons (Fsp3) is 0.647. The molecule has 1 saturated carbocycles. The Balaban J connectivity index is 0.000000216. The average molecular weight is 463 g/mol. The lowest BCUT2D eigenvalue weighted by Crippen LogP contribution is -2.27. The number of benzene rings is 2. The molecule has 0 heteroatoms. The molecule has 0 aromatic heterocycles. The lowest BCUT2D eigenvalue weighted by atomic mass is 9.68. The molecule has 0 heterocycles. The van der Waals surface area contributed by atoms with Gasteiger partial charge in [0.2, 0.25) is 0 Å². The Kier molecular flexibility index (Phi) is 10.9. The van der Waals surface area contributed by atoms with Crippen molar-refractivity contribution in [3.05, 3.63) is 59.7 Å². The summed E-state index contributed by atoms with van der Waals surface area (Å²) in [4.78, 5) is 0. The second-order valence-corrected chi connectivity index (χ2v) is 13.1. The minimum Gasteiger partial charge on any atom is -0.0654 e. The van der Waals surface area contributed by atoms with Crippen LogP contribution in [0.15, 0.2) is 48.5 Å². The Morgan fingerprint density at radius 1 is 0.588 bits per heavy atom. The molecule has 34 heavy (non-hydrogen) atoms. The largest absolute Gasteiger partial charge is 0.0654 e. The number of hydrogen-bond acceptors (Lipinski definition) is 0. The minimum absolute atomic E-state index is 0.339. The Bertz CT molecular complexity index is 771. The third kappa shape index (κ3) is 8.28. The standard InChI is InChI=1S/C18H18.2C8H18/c1-6-12-18(13-7-1)16-10-4-2-8-14(16)15-9-3-5-11-17(15)18;2*1-5-6-7-8(2,3)4/h2-5,8-11H,1,6-7,12-13H2;2*5-7H2,1-4H3. The van der Waals surface area contributed by atoms with Gasteiger partial charge in [-0.05, 0) is 58.8 Å². The van der Waals surface area contributed by atoms with Crippen LogP contribution in [0.4, 0.5) is 0 Å². The molecular weight excluding hydrogens is 408 g/mol. The Hall–Kier alpha value is -1.56. The Labute approximate surface area is 213 Å². The molecule has 0 N–H and O–H groups in total. The van der Waals surface area contributed by atoms with Crippen molar-refractivity contribution in [3.63, 3.8) is 0 Å². The van der Waals surface area contributed by atoms with Crippen molar-refractivity contribution in [1.29, 1.82) is 0 Å². The lowest BCUT2D eigenvalue weighted by molar-refractivity contribution is 0.353. The number of rotatable bonds is 4. The van der Waals surface area contributed by atoms with E-state index in [9.17, 15) is 0 Å². The monoisotopic (exact) mass is 462 g/mol. The third-order valence-electron chi connectivity index (χ3n) is 7.44. The second-order valence-electron chi connectivity index (χ2n) is 13.1. The van der Waals surface area contributed by atoms with Crippen LogP contribution >= 0.6 is 0 Å². The van der Waals surface area contributed by atoms with E-state index in [2.05, 4.69) is 104 Å². The Morgan fingerprint density at radius 3 is 1.29 bits per heavy atom. The van der Waals surface area contributed by atoms with Crippen molar-refractivity contribution in [1.82, 2.24) is 0 Å². The van der Waals surface area contributed by atoms with Gasteiger partial charge in [0.05, 0.1) is 0 Å². The van der Waals surface area contributed by atoms with Gasteiger partial charge in [0.1, 0.15) is 0 Å². The quantitative estimate of drug-likeness (QED) is 0.423.